The predicted octanol–water partition coefficient (Wildman–Crippen LogP) is 3.97. The zero-order valence-electron chi connectivity index (χ0n) is 11.7. The molecule has 0 fully saturated rings. The minimum Gasteiger partial charge on any atom is -0.496 e. The van der Waals surface area contributed by atoms with Gasteiger partial charge in [-0.15, -0.1) is 11.8 Å². The van der Waals surface area contributed by atoms with Gasteiger partial charge in [0, 0.05) is 16.8 Å². The van der Waals surface area contributed by atoms with Crippen LogP contribution in [0.4, 0.5) is 0 Å². The van der Waals surface area contributed by atoms with E-state index >= 15 is 0 Å². The Bertz CT molecular complexity index is 677. The van der Waals surface area contributed by atoms with Crippen LogP contribution in [0.3, 0.4) is 0 Å². The third kappa shape index (κ3) is 2.65. The Morgan fingerprint density at radius 2 is 2.05 bits per heavy atom. The number of aryl methyl sites for hydroxylation is 1. The lowest BCUT2D eigenvalue weighted by Crippen LogP contribution is -2.05. The highest BCUT2D eigenvalue weighted by atomic mass is 32.2. The lowest BCUT2D eigenvalue weighted by Gasteiger charge is -2.14. The molecule has 0 radical (unpaired) electrons. The normalized spacial score (nSPS) is 10.3. The van der Waals surface area contributed by atoms with Crippen molar-refractivity contribution in [1.29, 1.82) is 0 Å². The third-order valence-corrected chi connectivity index (χ3v) is 3.72. The van der Waals surface area contributed by atoms with Gasteiger partial charge in [-0.05, 0) is 25.3 Å². The fourth-order valence-corrected chi connectivity index (χ4v) is 2.58. The minimum absolute atomic E-state index is 0.465. The Morgan fingerprint density at radius 3 is 2.65 bits per heavy atom. The topological polar surface area (TPSA) is 35.5 Å². The molecule has 104 valence electrons. The highest BCUT2D eigenvalue weighted by Gasteiger charge is 2.15. The van der Waals surface area contributed by atoms with Crippen molar-refractivity contribution >= 4 is 28.5 Å². The first-order chi connectivity index (χ1) is 9.60. The number of carbonyl (C=O) groups excluding carboxylic acids is 1. The quantitative estimate of drug-likeness (QED) is 0.369. The van der Waals surface area contributed by atoms with Crippen molar-refractivity contribution in [2.75, 3.05) is 13.4 Å². The number of thioether (sulfide) groups is 1. The van der Waals surface area contributed by atoms with E-state index in [0.29, 0.717) is 5.75 Å². The van der Waals surface area contributed by atoms with Crippen LogP contribution in [0.25, 0.3) is 10.8 Å². The van der Waals surface area contributed by atoms with Crippen LogP contribution in [0.15, 0.2) is 41.8 Å². The molecule has 4 heteroatoms. The molecule has 2 rings (SSSR count). The number of hydrogen-bond donors (Lipinski definition) is 0. The second-order valence-corrected chi connectivity index (χ2v) is 5.13. The van der Waals surface area contributed by atoms with Gasteiger partial charge in [0.25, 0.3) is 0 Å². The van der Waals surface area contributed by atoms with Crippen LogP contribution in [0.1, 0.15) is 5.56 Å². The van der Waals surface area contributed by atoms with Gasteiger partial charge >= 0.3 is 5.97 Å². The number of ether oxygens (including phenoxy) is 2. The second-order valence-electron chi connectivity index (χ2n) is 4.28. The monoisotopic (exact) mass is 288 g/mol. The van der Waals surface area contributed by atoms with E-state index < -0.39 is 5.97 Å². The molecule has 20 heavy (non-hydrogen) atoms. The Kier molecular flexibility index (Phi) is 4.35. The van der Waals surface area contributed by atoms with E-state index in [9.17, 15) is 4.79 Å². The molecule has 0 saturated heterocycles. The van der Waals surface area contributed by atoms with Gasteiger partial charge in [-0.1, -0.05) is 24.3 Å². The van der Waals surface area contributed by atoms with Gasteiger partial charge < -0.3 is 9.47 Å². The SMILES string of the molecule is C=CC(=O)Oc1c(SC)cc(OC)c2cc(C)ccc12. The molecule has 0 bridgehead atoms. The van der Waals surface area contributed by atoms with Crippen LogP contribution in [-0.2, 0) is 4.79 Å². The molecule has 0 saturated carbocycles. The van der Waals surface area contributed by atoms with E-state index in [0.717, 1.165) is 33.1 Å². The number of hydrogen-bond acceptors (Lipinski definition) is 4. The van der Waals surface area contributed by atoms with Crippen molar-refractivity contribution in [3.63, 3.8) is 0 Å². The highest BCUT2D eigenvalue weighted by Crippen LogP contribution is 2.41. The van der Waals surface area contributed by atoms with E-state index in [4.69, 9.17) is 9.47 Å². The van der Waals surface area contributed by atoms with Crippen molar-refractivity contribution in [2.45, 2.75) is 11.8 Å². The molecule has 0 aliphatic rings. The Hall–Kier alpha value is -1.94. The predicted molar refractivity (Wildman–Crippen MR) is 82.9 cm³/mol. The summed E-state index contributed by atoms with van der Waals surface area (Å²) in [6.07, 6.45) is 3.09. The smallest absolute Gasteiger partial charge is 0.335 e. The van der Waals surface area contributed by atoms with Crippen LogP contribution >= 0.6 is 11.8 Å². The van der Waals surface area contributed by atoms with Crippen molar-refractivity contribution in [1.82, 2.24) is 0 Å². The number of fused-ring (bicyclic) bond motifs is 1. The van der Waals surface area contributed by atoms with Crippen molar-refractivity contribution in [2.24, 2.45) is 0 Å². The van der Waals surface area contributed by atoms with Gasteiger partial charge in [0.15, 0.2) is 5.75 Å². The summed E-state index contributed by atoms with van der Waals surface area (Å²) < 4.78 is 10.8. The average Bonchev–Trinajstić information content (AvgIpc) is 2.47. The molecule has 3 nitrogen and oxygen atoms in total. The molecule has 2 aromatic rings. The largest absolute Gasteiger partial charge is 0.496 e. The molecular weight excluding hydrogens is 272 g/mol. The standard InChI is InChI=1S/C16H16O3S/c1-5-15(17)19-16-11-7-6-10(2)8-12(11)13(18-3)9-14(16)20-4/h5-9H,1H2,2-4H3. The Balaban J connectivity index is 2.76. The molecular formula is C16H16O3S. The molecule has 0 unspecified atom stereocenters. The number of esters is 1. The molecule has 0 aliphatic heterocycles. The summed E-state index contributed by atoms with van der Waals surface area (Å²) in [4.78, 5) is 12.4. The second kappa shape index (κ2) is 6.01. The maximum atomic E-state index is 11.5. The van der Waals surface area contributed by atoms with Gasteiger partial charge in [-0.3, -0.25) is 0 Å². The molecule has 0 amide bonds. The Labute approximate surface area is 122 Å². The molecule has 2 aromatic carbocycles. The lowest BCUT2D eigenvalue weighted by molar-refractivity contribution is -0.129. The average molecular weight is 288 g/mol. The number of benzene rings is 2. The van der Waals surface area contributed by atoms with E-state index in [1.165, 1.54) is 11.8 Å². The van der Waals surface area contributed by atoms with Crippen molar-refractivity contribution in [3.8, 4) is 11.5 Å². The lowest BCUT2D eigenvalue weighted by atomic mass is 10.1. The molecule has 0 heterocycles. The zero-order chi connectivity index (χ0) is 14.7. The van der Waals surface area contributed by atoms with E-state index in [-0.39, 0.29) is 0 Å². The fraction of sp³-hybridized carbons (Fsp3) is 0.188. The van der Waals surface area contributed by atoms with Gasteiger partial charge in [-0.25, -0.2) is 4.79 Å². The fourth-order valence-electron chi connectivity index (χ4n) is 2.02. The van der Waals surface area contributed by atoms with E-state index in [1.54, 1.807) is 7.11 Å². The van der Waals surface area contributed by atoms with Gasteiger partial charge in [0.1, 0.15) is 5.75 Å². The maximum Gasteiger partial charge on any atom is 0.335 e. The number of rotatable bonds is 4. The van der Waals surface area contributed by atoms with Gasteiger partial charge in [0.05, 0.1) is 12.0 Å². The number of methoxy groups -OCH3 is 1. The Morgan fingerprint density at radius 1 is 1.30 bits per heavy atom. The van der Waals surface area contributed by atoms with E-state index in [2.05, 4.69) is 6.58 Å². The van der Waals surface area contributed by atoms with E-state index in [1.807, 2.05) is 37.4 Å². The van der Waals surface area contributed by atoms with Crippen LogP contribution in [0, 0.1) is 6.92 Å². The summed E-state index contributed by atoms with van der Waals surface area (Å²) in [7, 11) is 1.64. The van der Waals surface area contributed by atoms with Crippen LogP contribution in [0.2, 0.25) is 0 Å². The summed E-state index contributed by atoms with van der Waals surface area (Å²) in [5.74, 6) is 0.858. The molecule has 0 spiro atoms. The van der Waals surface area contributed by atoms with Gasteiger partial charge in [-0.2, -0.15) is 0 Å². The maximum absolute atomic E-state index is 11.5. The first kappa shape index (κ1) is 14.5. The van der Waals surface area contributed by atoms with Crippen LogP contribution < -0.4 is 9.47 Å². The summed E-state index contributed by atoms with van der Waals surface area (Å²) in [6, 6.07) is 7.83. The summed E-state index contributed by atoms with van der Waals surface area (Å²) in [6.45, 7) is 5.44. The first-order valence-electron chi connectivity index (χ1n) is 6.10. The van der Waals surface area contributed by atoms with Gasteiger partial charge in [0.2, 0.25) is 0 Å². The summed E-state index contributed by atoms with van der Waals surface area (Å²) in [5, 5.41) is 1.78. The zero-order valence-corrected chi connectivity index (χ0v) is 12.5. The number of carbonyl (C=O) groups is 1. The molecule has 0 N–H and O–H groups in total. The molecule has 0 aliphatic carbocycles. The van der Waals surface area contributed by atoms with Crippen LogP contribution in [-0.4, -0.2) is 19.3 Å². The highest BCUT2D eigenvalue weighted by molar-refractivity contribution is 7.98. The third-order valence-electron chi connectivity index (χ3n) is 2.98. The molecule has 0 atom stereocenters. The molecule has 0 aromatic heterocycles. The summed E-state index contributed by atoms with van der Waals surface area (Å²) >= 11 is 1.50. The first-order valence-corrected chi connectivity index (χ1v) is 7.32. The van der Waals surface area contributed by atoms with Crippen molar-refractivity contribution in [3.05, 3.63) is 42.5 Å². The summed E-state index contributed by atoms with van der Waals surface area (Å²) in [5.41, 5.74) is 1.12. The van der Waals surface area contributed by atoms with Crippen LogP contribution in [0.5, 0.6) is 11.5 Å². The van der Waals surface area contributed by atoms with Crippen molar-refractivity contribution < 1.29 is 14.3 Å². The minimum atomic E-state index is -0.465.